The second-order valence-electron chi connectivity index (χ2n) is 5.17. The summed E-state index contributed by atoms with van der Waals surface area (Å²) in [6.07, 6.45) is 4.20. The fourth-order valence-electron chi connectivity index (χ4n) is 2.51. The molecule has 1 aliphatic carbocycles. The summed E-state index contributed by atoms with van der Waals surface area (Å²) in [5, 5.41) is 3.45. The van der Waals surface area contributed by atoms with E-state index >= 15 is 0 Å². The standard InChI is InChI=1S/C14H17N3O/c1-10-6-11(7-10)15-9-12-8-14(18)17-5-3-2-4-13(17)16-12/h2-5,8,10-11,15H,6-7,9H2,1H3. The van der Waals surface area contributed by atoms with Crippen molar-refractivity contribution in [3.8, 4) is 0 Å². The van der Waals surface area contributed by atoms with Gasteiger partial charge in [-0.05, 0) is 30.9 Å². The van der Waals surface area contributed by atoms with Gasteiger partial charge in [-0.1, -0.05) is 13.0 Å². The first-order valence-corrected chi connectivity index (χ1v) is 6.43. The van der Waals surface area contributed by atoms with Crippen LogP contribution in [0.25, 0.3) is 5.65 Å². The van der Waals surface area contributed by atoms with Crippen LogP contribution in [-0.4, -0.2) is 15.4 Å². The molecule has 0 atom stereocenters. The van der Waals surface area contributed by atoms with Crippen LogP contribution in [0.1, 0.15) is 25.5 Å². The van der Waals surface area contributed by atoms with E-state index in [1.807, 2.05) is 18.2 Å². The van der Waals surface area contributed by atoms with Crippen molar-refractivity contribution in [2.75, 3.05) is 0 Å². The summed E-state index contributed by atoms with van der Waals surface area (Å²) in [4.78, 5) is 16.4. The Kier molecular flexibility index (Phi) is 2.88. The summed E-state index contributed by atoms with van der Waals surface area (Å²) >= 11 is 0. The van der Waals surface area contributed by atoms with Crippen molar-refractivity contribution in [3.63, 3.8) is 0 Å². The van der Waals surface area contributed by atoms with Crippen LogP contribution in [0.4, 0.5) is 0 Å². The van der Waals surface area contributed by atoms with Gasteiger partial charge in [0.05, 0.1) is 5.69 Å². The summed E-state index contributed by atoms with van der Waals surface area (Å²) in [5.74, 6) is 0.831. The molecule has 3 rings (SSSR count). The number of nitrogens with one attached hydrogen (secondary N) is 1. The lowest BCUT2D eigenvalue weighted by Gasteiger charge is -2.33. The molecule has 4 nitrogen and oxygen atoms in total. The Labute approximate surface area is 106 Å². The van der Waals surface area contributed by atoms with Crippen LogP contribution in [0.3, 0.4) is 0 Å². The molecule has 1 aliphatic rings. The van der Waals surface area contributed by atoms with Crippen LogP contribution in [0.15, 0.2) is 35.3 Å². The third-order valence-corrected chi connectivity index (χ3v) is 3.57. The summed E-state index contributed by atoms with van der Waals surface area (Å²) in [7, 11) is 0. The van der Waals surface area contributed by atoms with Gasteiger partial charge < -0.3 is 5.32 Å². The van der Waals surface area contributed by atoms with Gasteiger partial charge in [-0.3, -0.25) is 9.20 Å². The molecule has 0 bridgehead atoms. The maximum atomic E-state index is 11.9. The minimum Gasteiger partial charge on any atom is -0.308 e. The third-order valence-electron chi connectivity index (χ3n) is 3.57. The lowest BCUT2D eigenvalue weighted by atomic mass is 9.82. The highest BCUT2D eigenvalue weighted by atomic mass is 16.1. The second-order valence-corrected chi connectivity index (χ2v) is 5.17. The molecule has 0 amide bonds. The van der Waals surface area contributed by atoms with Gasteiger partial charge in [0.2, 0.25) is 0 Å². The summed E-state index contributed by atoms with van der Waals surface area (Å²) in [5.41, 5.74) is 1.52. The van der Waals surface area contributed by atoms with Crippen molar-refractivity contribution >= 4 is 5.65 Å². The highest BCUT2D eigenvalue weighted by Crippen LogP contribution is 2.26. The molecule has 0 radical (unpaired) electrons. The summed E-state index contributed by atoms with van der Waals surface area (Å²) < 4.78 is 1.56. The van der Waals surface area contributed by atoms with E-state index in [4.69, 9.17) is 0 Å². The number of pyridine rings is 1. The maximum Gasteiger partial charge on any atom is 0.258 e. The molecule has 2 heterocycles. The Morgan fingerprint density at radius 2 is 2.28 bits per heavy atom. The lowest BCUT2D eigenvalue weighted by molar-refractivity contribution is 0.239. The molecule has 0 saturated heterocycles. The van der Waals surface area contributed by atoms with Crippen LogP contribution < -0.4 is 10.9 Å². The molecule has 1 saturated carbocycles. The molecule has 0 spiro atoms. The topological polar surface area (TPSA) is 46.4 Å². The molecule has 2 aromatic rings. The number of hydrogen-bond donors (Lipinski definition) is 1. The van der Waals surface area contributed by atoms with Gasteiger partial charge >= 0.3 is 0 Å². The largest absolute Gasteiger partial charge is 0.308 e. The summed E-state index contributed by atoms with van der Waals surface area (Å²) in [6.45, 7) is 2.94. The highest BCUT2D eigenvalue weighted by Gasteiger charge is 2.24. The van der Waals surface area contributed by atoms with E-state index in [1.54, 1.807) is 16.7 Å². The Morgan fingerprint density at radius 1 is 1.44 bits per heavy atom. The molecule has 18 heavy (non-hydrogen) atoms. The van der Waals surface area contributed by atoms with Gasteiger partial charge in [-0.2, -0.15) is 0 Å². The molecular formula is C14H17N3O. The smallest absolute Gasteiger partial charge is 0.258 e. The first-order chi connectivity index (χ1) is 8.72. The normalized spacial score (nSPS) is 22.9. The molecule has 2 aromatic heterocycles. The Morgan fingerprint density at radius 3 is 3.06 bits per heavy atom. The molecule has 94 valence electrons. The maximum absolute atomic E-state index is 11.9. The number of aromatic nitrogens is 2. The Hall–Kier alpha value is -1.68. The van der Waals surface area contributed by atoms with Gasteiger partial charge in [0.1, 0.15) is 5.65 Å². The van der Waals surface area contributed by atoms with Gasteiger partial charge in [0.25, 0.3) is 5.56 Å². The third kappa shape index (κ3) is 2.16. The van der Waals surface area contributed by atoms with Gasteiger partial charge in [-0.25, -0.2) is 4.98 Å². The predicted molar refractivity (Wildman–Crippen MR) is 70.5 cm³/mol. The first kappa shape index (κ1) is 11.4. The molecule has 0 aliphatic heterocycles. The Bertz CT molecular complexity index is 614. The average molecular weight is 243 g/mol. The quantitative estimate of drug-likeness (QED) is 0.890. The SMILES string of the molecule is CC1CC(NCc2cc(=O)n3ccccc3n2)C1. The fourth-order valence-corrected chi connectivity index (χ4v) is 2.51. The van der Waals surface area contributed by atoms with E-state index in [-0.39, 0.29) is 5.56 Å². The predicted octanol–water partition coefficient (Wildman–Crippen LogP) is 1.58. The van der Waals surface area contributed by atoms with Crippen LogP contribution >= 0.6 is 0 Å². The van der Waals surface area contributed by atoms with Crippen molar-refractivity contribution in [2.45, 2.75) is 32.4 Å². The molecular weight excluding hydrogens is 226 g/mol. The lowest BCUT2D eigenvalue weighted by Crippen LogP contribution is -2.39. The van der Waals surface area contributed by atoms with Gasteiger partial charge in [0, 0.05) is 24.8 Å². The van der Waals surface area contributed by atoms with Crippen molar-refractivity contribution in [3.05, 3.63) is 46.5 Å². The van der Waals surface area contributed by atoms with E-state index in [1.165, 1.54) is 12.8 Å². The zero-order valence-electron chi connectivity index (χ0n) is 10.5. The molecule has 1 N–H and O–H groups in total. The minimum atomic E-state index is -0.0145. The number of hydrogen-bond acceptors (Lipinski definition) is 3. The van der Waals surface area contributed by atoms with Crippen molar-refractivity contribution < 1.29 is 0 Å². The van der Waals surface area contributed by atoms with Crippen LogP contribution in [0.5, 0.6) is 0 Å². The van der Waals surface area contributed by atoms with Crippen molar-refractivity contribution in [1.82, 2.24) is 14.7 Å². The molecule has 0 unspecified atom stereocenters. The number of nitrogens with zero attached hydrogens (tertiary/aromatic N) is 2. The van der Waals surface area contributed by atoms with E-state index in [0.29, 0.717) is 18.2 Å². The molecule has 4 heteroatoms. The molecule has 0 aromatic carbocycles. The van der Waals surface area contributed by atoms with E-state index < -0.39 is 0 Å². The van der Waals surface area contributed by atoms with Crippen LogP contribution in [0.2, 0.25) is 0 Å². The average Bonchev–Trinajstić information content (AvgIpc) is 2.33. The van der Waals surface area contributed by atoms with E-state index in [9.17, 15) is 4.79 Å². The fraction of sp³-hybridized carbons (Fsp3) is 0.429. The zero-order chi connectivity index (χ0) is 12.5. The minimum absolute atomic E-state index is 0.0145. The monoisotopic (exact) mass is 243 g/mol. The van der Waals surface area contributed by atoms with Crippen molar-refractivity contribution in [1.29, 1.82) is 0 Å². The van der Waals surface area contributed by atoms with Gasteiger partial charge in [0.15, 0.2) is 0 Å². The summed E-state index contributed by atoms with van der Waals surface area (Å²) in [6, 6.07) is 7.80. The van der Waals surface area contributed by atoms with E-state index in [2.05, 4.69) is 17.2 Å². The van der Waals surface area contributed by atoms with E-state index in [0.717, 1.165) is 11.6 Å². The highest BCUT2D eigenvalue weighted by molar-refractivity contribution is 5.37. The van der Waals surface area contributed by atoms with Gasteiger partial charge in [-0.15, -0.1) is 0 Å². The zero-order valence-corrected chi connectivity index (χ0v) is 10.5. The molecule has 1 fully saturated rings. The van der Waals surface area contributed by atoms with Crippen LogP contribution in [-0.2, 0) is 6.54 Å². The second kappa shape index (κ2) is 4.53. The van der Waals surface area contributed by atoms with Crippen LogP contribution in [0, 0.1) is 5.92 Å². The first-order valence-electron chi connectivity index (χ1n) is 6.43. The number of fused-ring (bicyclic) bond motifs is 1. The number of rotatable bonds is 3. The van der Waals surface area contributed by atoms with Crippen molar-refractivity contribution in [2.24, 2.45) is 5.92 Å². The Balaban J connectivity index is 1.78.